The third-order valence-corrected chi connectivity index (χ3v) is 4.67. The quantitative estimate of drug-likeness (QED) is 0.427. The topological polar surface area (TPSA) is 130 Å². The fourth-order valence-electron chi connectivity index (χ4n) is 2.07. The van der Waals surface area contributed by atoms with Gasteiger partial charge in [0.1, 0.15) is 11.2 Å². The molecule has 1 amide bonds. The van der Waals surface area contributed by atoms with Crippen LogP contribution < -0.4 is 9.46 Å². The van der Waals surface area contributed by atoms with Crippen molar-refractivity contribution in [3.8, 4) is 5.75 Å². The lowest BCUT2D eigenvalue weighted by Gasteiger charge is -2.26. The van der Waals surface area contributed by atoms with Crippen LogP contribution in [-0.4, -0.2) is 49.2 Å². The zero-order valence-corrected chi connectivity index (χ0v) is 14.9. The number of hydrogen-bond donors (Lipinski definition) is 3. The van der Waals surface area contributed by atoms with Gasteiger partial charge in [0.25, 0.3) is 5.91 Å². The van der Waals surface area contributed by atoms with E-state index in [0.717, 1.165) is 22.9 Å². The summed E-state index contributed by atoms with van der Waals surface area (Å²) in [5.41, 5.74) is -7.77. The van der Waals surface area contributed by atoms with Gasteiger partial charge in [0.2, 0.25) is 0 Å². The Labute approximate surface area is 153 Å². The first-order valence-electron chi connectivity index (χ1n) is 7.60. The maximum Gasteiger partial charge on any atom is 0.516 e. The van der Waals surface area contributed by atoms with Crippen LogP contribution in [0, 0.1) is 5.41 Å². The van der Waals surface area contributed by atoms with E-state index in [1.807, 2.05) is 0 Å². The Kier molecular flexibility index (Phi) is 7.34. The predicted molar refractivity (Wildman–Crippen MR) is 86.0 cm³/mol. The molecule has 0 heterocycles. The number of esters is 1. The van der Waals surface area contributed by atoms with Gasteiger partial charge >= 0.3 is 21.5 Å². The number of halogens is 3. The summed E-state index contributed by atoms with van der Waals surface area (Å²) < 4.78 is 64.8. The minimum Gasteiger partial charge on any atom is -0.426 e. The van der Waals surface area contributed by atoms with Crippen LogP contribution in [-0.2, 0) is 14.8 Å². The highest BCUT2D eigenvalue weighted by Gasteiger charge is 2.47. The molecule has 0 spiro atoms. The number of ether oxygens (including phenoxy) is 1. The van der Waals surface area contributed by atoms with Crippen molar-refractivity contribution in [3.05, 3.63) is 29.8 Å². The molecular weight excluding hydrogens is 395 g/mol. The lowest BCUT2D eigenvalue weighted by atomic mass is 9.85. The number of sulfonamides is 1. The molecule has 8 nitrogen and oxygen atoms in total. The number of alkyl halides is 3. The molecule has 0 aliphatic heterocycles. The fourth-order valence-corrected chi connectivity index (χ4v) is 2.55. The summed E-state index contributed by atoms with van der Waals surface area (Å²) >= 11 is 0. The zero-order valence-electron chi connectivity index (χ0n) is 14.1. The van der Waals surface area contributed by atoms with E-state index >= 15 is 0 Å². The smallest absolute Gasteiger partial charge is 0.426 e. The molecule has 0 saturated heterocycles. The molecule has 0 aliphatic rings. The number of benzene rings is 1. The SMILES string of the molecule is CCCC(CO)(CO)C(=O)Oc1cccc(C(=O)NS(=O)(=O)C(F)(F)F)c1. The third-order valence-electron chi connectivity index (χ3n) is 3.61. The van der Waals surface area contributed by atoms with Gasteiger partial charge in [-0.25, -0.2) is 4.72 Å². The summed E-state index contributed by atoms with van der Waals surface area (Å²) in [6.07, 6.45) is 0.538. The summed E-state index contributed by atoms with van der Waals surface area (Å²) in [7, 11) is -5.89. The number of aliphatic hydroxyl groups is 2. The summed E-state index contributed by atoms with van der Waals surface area (Å²) in [4.78, 5) is 24.0. The number of rotatable bonds is 8. The standard InChI is InChI=1S/C15H18F3NO7S/c1-2-6-14(8-20,9-21)13(23)26-11-5-3-4-10(7-11)12(22)19-27(24,25)15(16,17)18/h3-5,7,20-21H,2,6,8-9H2,1H3,(H,19,22). The van der Waals surface area contributed by atoms with Crippen LogP contribution in [0.3, 0.4) is 0 Å². The molecule has 0 aromatic heterocycles. The number of carbonyl (C=O) groups excluding carboxylic acids is 2. The summed E-state index contributed by atoms with van der Waals surface area (Å²) in [5, 5.41) is 18.8. The first kappa shape index (κ1) is 22.9. The zero-order chi connectivity index (χ0) is 20.9. The van der Waals surface area contributed by atoms with Gasteiger partial charge in [0.15, 0.2) is 0 Å². The maximum atomic E-state index is 12.3. The molecule has 1 rings (SSSR count). The summed E-state index contributed by atoms with van der Waals surface area (Å²) in [6.45, 7) is 0.291. The Balaban J connectivity index is 3.03. The van der Waals surface area contributed by atoms with Gasteiger partial charge in [-0.15, -0.1) is 0 Å². The van der Waals surface area contributed by atoms with Crippen molar-refractivity contribution in [1.29, 1.82) is 0 Å². The molecule has 12 heteroatoms. The van der Waals surface area contributed by atoms with E-state index in [1.54, 1.807) is 6.92 Å². The van der Waals surface area contributed by atoms with Crippen LogP contribution in [0.1, 0.15) is 30.1 Å². The highest BCUT2D eigenvalue weighted by Crippen LogP contribution is 2.27. The normalized spacial score (nSPS) is 12.5. The first-order chi connectivity index (χ1) is 12.4. The van der Waals surface area contributed by atoms with E-state index in [9.17, 15) is 41.4 Å². The molecule has 0 bridgehead atoms. The molecule has 0 saturated carbocycles. The molecular formula is C15H18F3NO7S. The predicted octanol–water partition coefficient (Wildman–Crippen LogP) is 0.943. The fraction of sp³-hybridized carbons (Fsp3) is 0.467. The molecule has 1 aromatic carbocycles. The Morgan fingerprint density at radius 1 is 1.19 bits per heavy atom. The first-order valence-corrected chi connectivity index (χ1v) is 9.08. The van der Waals surface area contributed by atoms with Crippen molar-refractivity contribution >= 4 is 21.9 Å². The lowest BCUT2D eigenvalue weighted by Crippen LogP contribution is -2.41. The number of nitrogens with one attached hydrogen (secondary N) is 1. The van der Waals surface area contributed by atoms with Gasteiger partial charge in [-0.1, -0.05) is 19.4 Å². The number of hydrogen-bond acceptors (Lipinski definition) is 7. The van der Waals surface area contributed by atoms with Crippen molar-refractivity contribution in [2.24, 2.45) is 5.41 Å². The van der Waals surface area contributed by atoms with Gasteiger partial charge in [-0.05, 0) is 24.6 Å². The van der Waals surface area contributed by atoms with Crippen LogP contribution in [0.5, 0.6) is 5.75 Å². The Morgan fingerprint density at radius 3 is 2.26 bits per heavy atom. The second kappa shape index (κ2) is 8.67. The molecule has 0 atom stereocenters. The maximum absolute atomic E-state index is 12.3. The van der Waals surface area contributed by atoms with Gasteiger partial charge < -0.3 is 14.9 Å². The van der Waals surface area contributed by atoms with Crippen molar-refractivity contribution < 1.29 is 46.1 Å². The van der Waals surface area contributed by atoms with Crippen molar-refractivity contribution in [2.45, 2.75) is 25.3 Å². The van der Waals surface area contributed by atoms with Crippen LogP contribution in [0.15, 0.2) is 24.3 Å². The monoisotopic (exact) mass is 413 g/mol. The molecule has 1 aromatic rings. The third kappa shape index (κ3) is 5.40. The van der Waals surface area contributed by atoms with Gasteiger partial charge in [-0.3, -0.25) is 9.59 Å². The summed E-state index contributed by atoms with van der Waals surface area (Å²) in [5.74, 6) is -2.86. The van der Waals surface area contributed by atoms with Crippen molar-refractivity contribution in [2.75, 3.05) is 13.2 Å². The van der Waals surface area contributed by atoms with E-state index in [-0.39, 0.29) is 12.2 Å². The molecule has 0 unspecified atom stereocenters. The van der Waals surface area contributed by atoms with E-state index in [1.165, 1.54) is 6.07 Å². The largest absolute Gasteiger partial charge is 0.516 e. The van der Waals surface area contributed by atoms with Crippen molar-refractivity contribution in [3.63, 3.8) is 0 Å². The molecule has 0 aliphatic carbocycles. The van der Waals surface area contributed by atoms with Gasteiger partial charge in [-0.2, -0.15) is 21.6 Å². The van der Waals surface area contributed by atoms with Gasteiger partial charge in [0.05, 0.1) is 13.2 Å². The average molecular weight is 413 g/mol. The molecule has 0 fully saturated rings. The minimum absolute atomic E-state index is 0.100. The van der Waals surface area contributed by atoms with Crippen LogP contribution >= 0.6 is 0 Å². The second-order valence-electron chi connectivity index (χ2n) is 5.64. The van der Waals surface area contributed by atoms with Gasteiger partial charge in [0, 0.05) is 5.56 Å². The molecule has 0 radical (unpaired) electrons. The molecule has 152 valence electrons. The van der Waals surface area contributed by atoms with E-state index in [2.05, 4.69) is 0 Å². The van der Waals surface area contributed by atoms with Crippen LogP contribution in [0.2, 0.25) is 0 Å². The Hall–Kier alpha value is -2.18. The minimum atomic E-state index is -5.89. The number of amides is 1. The molecule has 3 N–H and O–H groups in total. The van der Waals surface area contributed by atoms with E-state index in [4.69, 9.17) is 4.74 Å². The average Bonchev–Trinajstić information content (AvgIpc) is 2.58. The number of aliphatic hydroxyl groups excluding tert-OH is 2. The summed E-state index contributed by atoms with van der Waals surface area (Å²) in [6, 6.07) is 4.20. The van der Waals surface area contributed by atoms with Crippen molar-refractivity contribution in [1.82, 2.24) is 4.72 Å². The van der Waals surface area contributed by atoms with E-state index in [0.29, 0.717) is 6.42 Å². The second-order valence-corrected chi connectivity index (χ2v) is 7.32. The highest BCUT2D eigenvalue weighted by atomic mass is 32.2. The van der Waals surface area contributed by atoms with E-state index < -0.39 is 51.6 Å². The van der Waals surface area contributed by atoms with Crippen LogP contribution in [0.4, 0.5) is 13.2 Å². The Bertz CT molecular complexity index is 789. The lowest BCUT2D eigenvalue weighted by molar-refractivity contribution is -0.152. The molecule has 27 heavy (non-hydrogen) atoms. The highest BCUT2D eigenvalue weighted by molar-refractivity contribution is 7.90. The van der Waals surface area contributed by atoms with Crippen LogP contribution in [0.25, 0.3) is 0 Å². The Morgan fingerprint density at radius 2 is 1.78 bits per heavy atom. The number of carbonyl (C=O) groups is 2.